The summed E-state index contributed by atoms with van der Waals surface area (Å²) in [5, 5.41) is 0. The Kier molecular flexibility index (Phi) is 4.17. The SMILES string of the molecule is C[C@H]1CCC(c2ccc3c(c2)C(=O)N(C2CCN(C)CC2)C3)=NC1. The summed E-state index contributed by atoms with van der Waals surface area (Å²) < 4.78 is 0. The first-order valence-electron chi connectivity index (χ1n) is 9.28. The highest BCUT2D eigenvalue weighted by Crippen LogP contribution is 2.30. The first-order valence-corrected chi connectivity index (χ1v) is 9.28. The van der Waals surface area contributed by atoms with Gasteiger partial charge < -0.3 is 9.80 Å². The van der Waals surface area contributed by atoms with E-state index in [0.717, 1.165) is 56.6 Å². The molecular formula is C20H27N3O. The summed E-state index contributed by atoms with van der Waals surface area (Å²) in [7, 11) is 2.16. The Morgan fingerprint density at radius 3 is 2.67 bits per heavy atom. The van der Waals surface area contributed by atoms with Crippen molar-refractivity contribution in [3.63, 3.8) is 0 Å². The summed E-state index contributed by atoms with van der Waals surface area (Å²) in [6.07, 6.45) is 4.42. The lowest BCUT2D eigenvalue weighted by atomic mass is 9.94. The predicted molar refractivity (Wildman–Crippen MR) is 96.6 cm³/mol. The van der Waals surface area contributed by atoms with E-state index >= 15 is 0 Å². The number of piperidine rings is 1. The van der Waals surface area contributed by atoms with E-state index in [-0.39, 0.29) is 5.91 Å². The highest BCUT2D eigenvalue weighted by Gasteiger charge is 2.34. The largest absolute Gasteiger partial charge is 0.331 e. The third-order valence-electron chi connectivity index (χ3n) is 5.87. The molecule has 0 aromatic heterocycles. The number of amides is 1. The summed E-state index contributed by atoms with van der Waals surface area (Å²) in [5.41, 5.74) is 4.43. The molecule has 1 aromatic rings. The van der Waals surface area contributed by atoms with Gasteiger partial charge in [-0.1, -0.05) is 19.1 Å². The zero-order valence-electron chi connectivity index (χ0n) is 14.8. The molecule has 0 radical (unpaired) electrons. The fraction of sp³-hybridized carbons (Fsp3) is 0.600. The van der Waals surface area contributed by atoms with Gasteiger partial charge >= 0.3 is 0 Å². The smallest absolute Gasteiger partial charge is 0.254 e. The standard InChI is InChI=1S/C20H27N3O/c1-14-3-6-19(21-12-14)15-4-5-16-13-23(20(24)18(16)11-15)17-7-9-22(2)10-8-17/h4-5,11,14,17H,3,6-10,12-13H2,1-2H3/t14-/m0/s1. The van der Waals surface area contributed by atoms with Crippen LogP contribution in [0, 0.1) is 5.92 Å². The van der Waals surface area contributed by atoms with Crippen LogP contribution >= 0.6 is 0 Å². The van der Waals surface area contributed by atoms with Crippen molar-refractivity contribution >= 4 is 11.6 Å². The molecule has 3 heterocycles. The molecule has 0 unspecified atom stereocenters. The fourth-order valence-electron chi connectivity index (χ4n) is 4.16. The molecule has 0 aliphatic carbocycles. The quantitative estimate of drug-likeness (QED) is 0.838. The number of hydrogen-bond acceptors (Lipinski definition) is 3. The number of aliphatic imine (C=N–C) groups is 1. The summed E-state index contributed by atoms with van der Waals surface area (Å²) >= 11 is 0. The van der Waals surface area contributed by atoms with Gasteiger partial charge in [0.05, 0.1) is 0 Å². The van der Waals surface area contributed by atoms with Crippen LogP contribution in [0.3, 0.4) is 0 Å². The van der Waals surface area contributed by atoms with Crippen molar-refractivity contribution in [1.29, 1.82) is 0 Å². The first-order chi connectivity index (χ1) is 11.6. The van der Waals surface area contributed by atoms with Gasteiger partial charge in [-0.05, 0) is 68.9 Å². The van der Waals surface area contributed by atoms with Gasteiger partial charge in [0, 0.05) is 30.4 Å². The lowest BCUT2D eigenvalue weighted by Crippen LogP contribution is -2.43. The lowest BCUT2D eigenvalue weighted by molar-refractivity contribution is 0.0617. The van der Waals surface area contributed by atoms with Crippen LogP contribution in [-0.2, 0) is 6.54 Å². The number of carbonyl (C=O) groups excluding carboxylic acids is 1. The maximum atomic E-state index is 12.9. The second-order valence-corrected chi connectivity index (χ2v) is 7.77. The van der Waals surface area contributed by atoms with Crippen molar-refractivity contribution in [3.8, 4) is 0 Å². The van der Waals surface area contributed by atoms with E-state index in [0.29, 0.717) is 12.0 Å². The van der Waals surface area contributed by atoms with Gasteiger partial charge in [-0.15, -0.1) is 0 Å². The molecule has 1 fully saturated rings. The zero-order chi connectivity index (χ0) is 16.7. The summed E-state index contributed by atoms with van der Waals surface area (Å²) in [6.45, 7) is 6.14. The highest BCUT2D eigenvalue weighted by atomic mass is 16.2. The van der Waals surface area contributed by atoms with Crippen LogP contribution in [0.25, 0.3) is 0 Å². The average Bonchev–Trinajstić information content (AvgIpc) is 2.93. The molecule has 0 spiro atoms. The summed E-state index contributed by atoms with van der Waals surface area (Å²) in [6, 6.07) is 6.82. The minimum Gasteiger partial charge on any atom is -0.331 e. The molecule has 3 aliphatic rings. The van der Waals surface area contributed by atoms with Gasteiger partial charge in [0.15, 0.2) is 0 Å². The van der Waals surface area contributed by atoms with Crippen LogP contribution < -0.4 is 0 Å². The van der Waals surface area contributed by atoms with Crippen LogP contribution in [0.1, 0.15) is 54.1 Å². The molecule has 1 saturated heterocycles. The molecule has 1 atom stereocenters. The van der Waals surface area contributed by atoms with Gasteiger partial charge in [-0.3, -0.25) is 9.79 Å². The van der Waals surface area contributed by atoms with E-state index in [2.05, 4.69) is 42.0 Å². The first kappa shape index (κ1) is 15.8. The number of fused-ring (bicyclic) bond motifs is 1. The molecule has 0 saturated carbocycles. The minimum atomic E-state index is 0.228. The zero-order valence-corrected chi connectivity index (χ0v) is 14.8. The van der Waals surface area contributed by atoms with Crippen LogP contribution in [0.5, 0.6) is 0 Å². The van der Waals surface area contributed by atoms with Crippen molar-refractivity contribution in [2.24, 2.45) is 10.9 Å². The van der Waals surface area contributed by atoms with E-state index in [1.54, 1.807) is 0 Å². The number of carbonyl (C=O) groups is 1. The van der Waals surface area contributed by atoms with E-state index in [1.807, 2.05) is 0 Å². The molecule has 4 heteroatoms. The van der Waals surface area contributed by atoms with Gasteiger partial charge in [-0.25, -0.2) is 0 Å². The van der Waals surface area contributed by atoms with Crippen LogP contribution in [0.15, 0.2) is 23.2 Å². The van der Waals surface area contributed by atoms with Crippen LogP contribution in [0.4, 0.5) is 0 Å². The Bertz CT molecular complexity index is 673. The summed E-state index contributed by atoms with van der Waals surface area (Å²) in [5.74, 6) is 0.913. The monoisotopic (exact) mass is 325 g/mol. The van der Waals surface area contributed by atoms with Crippen LogP contribution in [-0.4, -0.2) is 54.1 Å². The van der Waals surface area contributed by atoms with Crippen molar-refractivity contribution in [2.75, 3.05) is 26.7 Å². The second-order valence-electron chi connectivity index (χ2n) is 7.77. The molecule has 1 amide bonds. The van der Waals surface area contributed by atoms with Crippen molar-refractivity contribution in [1.82, 2.24) is 9.80 Å². The normalized spacial score (nSPS) is 25.8. The van der Waals surface area contributed by atoms with E-state index < -0.39 is 0 Å². The number of hydrogen-bond donors (Lipinski definition) is 0. The van der Waals surface area contributed by atoms with E-state index in [9.17, 15) is 4.79 Å². The lowest BCUT2D eigenvalue weighted by Gasteiger charge is -2.34. The van der Waals surface area contributed by atoms with Crippen molar-refractivity contribution < 1.29 is 4.79 Å². The van der Waals surface area contributed by atoms with Gasteiger partial charge in [0.1, 0.15) is 0 Å². The molecule has 24 heavy (non-hydrogen) atoms. The molecule has 0 bridgehead atoms. The molecule has 0 N–H and O–H groups in total. The molecule has 128 valence electrons. The van der Waals surface area contributed by atoms with Crippen molar-refractivity contribution in [3.05, 3.63) is 34.9 Å². The molecular weight excluding hydrogens is 298 g/mol. The molecule has 4 nitrogen and oxygen atoms in total. The number of benzene rings is 1. The Balaban J connectivity index is 1.54. The third kappa shape index (κ3) is 2.88. The Hall–Kier alpha value is -1.68. The maximum absolute atomic E-state index is 12.9. The summed E-state index contributed by atoms with van der Waals surface area (Å²) in [4.78, 5) is 22.1. The fourth-order valence-corrected chi connectivity index (χ4v) is 4.16. The molecule has 3 aliphatic heterocycles. The average molecular weight is 325 g/mol. The van der Waals surface area contributed by atoms with E-state index in [1.165, 1.54) is 17.7 Å². The topological polar surface area (TPSA) is 35.9 Å². The Labute approximate surface area is 144 Å². The molecule has 1 aromatic carbocycles. The van der Waals surface area contributed by atoms with Gasteiger partial charge in [0.2, 0.25) is 0 Å². The Morgan fingerprint density at radius 1 is 1.17 bits per heavy atom. The van der Waals surface area contributed by atoms with Gasteiger partial charge in [0.25, 0.3) is 5.91 Å². The molecule has 4 rings (SSSR count). The van der Waals surface area contributed by atoms with E-state index in [4.69, 9.17) is 4.99 Å². The number of likely N-dealkylation sites (tertiary alicyclic amines) is 1. The minimum absolute atomic E-state index is 0.228. The third-order valence-corrected chi connectivity index (χ3v) is 5.87. The van der Waals surface area contributed by atoms with Crippen molar-refractivity contribution in [2.45, 2.75) is 45.2 Å². The highest BCUT2D eigenvalue weighted by molar-refractivity contribution is 6.05. The Morgan fingerprint density at radius 2 is 1.96 bits per heavy atom. The van der Waals surface area contributed by atoms with Gasteiger partial charge in [-0.2, -0.15) is 0 Å². The van der Waals surface area contributed by atoms with Crippen LogP contribution in [0.2, 0.25) is 0 Å². The second kappa shape index (κ2) is 6.32. The maximum Gasteiger partial charge on any atom is 0.254 e. The number of rotatable bonds is 2. The predicted octanol–water partition coefficient (Wildman–Crippen LogP) is 2.96. The number of nitrogens with zero attached hydrogens (tertiary/aromatic N) is 3.